The second kappa shape index (κ2) is 11.3. The minimum atomic E-state index is -3.80. The van der Waals surface area contributed by atoms with Crippen LogP contribution in [0.1, 0.15) is 35.8 Å². The lowest BCUT2D eigenvalue weighted by Crippen LogP contribution is -2.39. The predicted octanol–water partition coefficient (Wildman–Crippen LogP) is 3.74. The molecule has 2 N–H and O–H groups in total. The van der Waals surface area contributed by atoms with Crippen LogP contribution in [0.5, 0.6) is 11.5 Å². The normalized spacial score (nSPS) is 13.4. The average molecular weight is 524 g/mol. The fourth-order valence-corrected chi connectivity index (χ4v) is 4.96. The summed E-state index contributed by atoms with van der Waals surface area (Å²) in [7, 11) is -3.80. The Morgan fingerprint density at radius 2 is 1.62 bits per heavy atom. The molecule has 0 aliphatic carbocycles. The number of anilines is 2. The number of amides is 2. The maximum Gasteiger partial charge on any atom is 0.253 e. The molecule has 3 aromatic carbocycles. The van der Waals surface area contributed by atoms with Crippen LogP contribution in [0.2, 0.25) is 0 Å². The van der Waals surface area contributed by atoms with E-state index in [1.54, 1.807) is 42.5 Å². The van der Waals surface area contributed by atoms with Gasteiger partial charge in [0.25, 0.3) is 5.91 Å². The number of carbonyl (C=O) groups excluding carboxylic acids is 2. The van der Waals surface area contributed by atoms with Gasteiger partial charge >= 0.3 is 0 Å². The molecule has 4 rings (SSSR count). The van der Waals surface area contributed by atoms with Gasteiger partial charge in [0.1, 0.15) is 19.8 Å². The molecule has 0 aromatic heterocycles. The van der Waals surface area contributed by atoms with Crippen LogP contribution in [0.3, 0.4) is 0 Å². The van der Waals surface area contributed by atoms with Gasteiger partial charge in [0.15, 0.2) is 11.5 Å². The molecule has 10 heteroatoms. The van der Waals surface area contributed by atoms with Gasteiger partial charge in [0, 0.05) is 6.07 Å². The van der Waals surface area contributed by atoms with Crippen molar-refractivity contribution in [3.8, 4) is 11.5 Å². The molecule has 0 spiro atoms. The third-order valence-corrected chi connectivity index (χ3v) is 7.64. The van der Waals surface area contributed by atoms with E-state index in [1.807, 2.05) is 37.3 Å². The smallest absolute Gasteiger partial charge is 0.253 e. The second-order valence-electron chi connectivity index (χ2n) is 8.43. The van der Waals surface area contributed by atoms with Gasteiger partial charge in [-0.1, -0.05) is 42.5 Å². The van der Waals surface area contributed by atoms with Gasteiger partial charge in [-0.3, -0.25) is 13.9 Å². The van der Waals surface area contributed by atoms with Crippen LogP contribution in [0.15, 0.2) is 72.8 Å². The van der Waals surface area contributed by atoms with Crippen molar-refractivity contribution in [2.24, 2.45) is 0 Å². The lowest BCUT2D eigenvalue weighted by atomic mass is 10.1. The van der Waals surface area contributed by atoms with Crippen molar-refractivity contribution < 1.29 is 27.5 Å². The molecule has 0 saturated carbocycles. The Balaban J connectivity index is 1.52. The minimum Gasteiger partial charge on any atom is -0.486 e. The summed E-state index contributed by atoms with van der Waals surface area (Å²) < 4.78 is 37.9. The Kier molecular flexibility index (Phi) is 7.98. The highest BCUT2D eigenvalue weighted by atomic mass is 32.2. The molecule has 37 heavy (non-hydrogen) atoms. The number of nitrogens with zero attached hydrogens (tertiary/aromatic N) is 1. The maximum absolute atomic E-state index is 13.1. The third-order valence-electron chi connectivity index (χ3n) is 5.89. The summed E-state index contributed by atoms with van der Waals surface area (Å²) in [6, 6.07) is 20.6. The third kappa shape index (κ3) is 6.21. The summed E-state index contributed by atoms with van der Waals surface area (Å²) in [5, 5.41) is 5.63. The number of benzene rings is 3. The number of hydrogen-bond acceptors (Lipinski definition) is 6. The Hall–Kier alpha value is -4.05. The van der Waals surface area contributed by atoms with E-state index in [0.29, 0.717) is 24.7 Å². The first kappa shape index (κ1) is 26.0. The predicted molar refractivity (Wildman–Crippen MR) is 142 cm³/mol. The molecule has 1 atom stereocenters. The number of ether oxygens (including phenoxy) is 2. The van der Waals surface area contributed by atoms with E-state index >= 15 is 0 Å². The van der Waals surface area contributed by atoms with Crippen LogP contribution in [-0.4, -0.2) is 45.7 Å². The lowest BCUT2D eigenvalue weighted by Gasteiger charge is -2.26. The minimum absolute atomic E-state index is 0.203. The number of sulfonamides is 1. The fourth-order valence-electron chi connectivity index (χ4n) is 3.90. The Bertz CT molecular complexity index is 1380. The van der Waals surface area contributed by atoms with Crippen LogP contribution < -0.4 is 24.4 Å². The van der Waals surface area contributed by atoms with Crippen LogP contribution in [0.25, 0.3) is 0 Å². The zero-order chi connectivity index (χ0) is 26.4. The van der Waals surface area contributed by atoms with E-state index in [4.69, 9.17) is 9.47 Å². The Labute approximate surface area is 216 Å². The average Bonchev–Trinajstić information content (AvgIpc) is 2.92. The number of nitrogens with one attached hydrogen (secondary N) is 2. The standard InChI is InChI=1S/C27H29N3O6S/c1-3-37(33,34)30(21-13-14-24-25(17-21)36-16-15-35-24)18-26(31)29-23-12-8-7-11-22(23)27(32)28-19(2)20-9-5-4-6-10-20/h4-14,17,19H,3,15-16,18H2,1-2H3,(H,28,32)(H,29,31). The summed E-state index contributed by atoms with van der Waals surface area (Å²) in [4.78, 5) is 26.1. The van der Waals surface area contributed by atoms with Gasteiger partial charge in [-0.15, -0.1) is 0 Å². The van der Waals surface area contributed by atoms with Crippen LogP contribution in [-0.2, 0) is 14.8 Å². The SMILES string of the molecule is CCS(=O)(=O)N(CC(=O)Nc1ccccc1C(=O)NC(C)c1ccccc1)c1ccc2c(c1)OCCO2. The Morgan fingerprint density at radius 1 is 0.946 bits per heavy atom. The second-order valence-corrected chi connectivity index (χ2v) is 10.6. The first-order valence-corrected chi connectivity index (χ1v) is 13.5. The van der Waals surface area contributed by atoms with Crippen LogP contribution in [0.4, 0.5) is 11.4 Å². The van der Waals surface area contributed by atoms with Gasteiger partial charge in [-0.2, -0.15) is 0 Å². The quantitative estimate of drug-likeness (QED) is 0.442. The first-order chi connectivity index (χ1) is 17.8. The zero-order valence-electron chi connectivity index (χ0n) is 20.6. The molecule has 2 amide bonds. The summed E-state index contributed by atoms with van der Waals surface area (Å²) in [5.74, 6) is -0.237. The highest BCUT2D eigenvalue weighted by molar-refractivity contribution is 7.92. The topological polar surface area (TPSA) is 114 Å². The van der Waals surface area contributed by atoms with Crippen molar-refractivity contribution in [3.05, 3.63) is 83.9 Å². The van der Waals surface area contributed by atoms with Crippen molar-refractivity contribution >= 4 is 33.2 Å². The van der Waals surface area contributed by atoms with Gasteiger partial charge in [-0.25, -0.2) is 8.42 Å². The molecule has 194 valence electrons. The molecular formula is C27H29N3O6S. The molecular weight excluding hydrogens is 494 g/mol. The summed E-state index contributed by atoms with van der Waals surface area (Å²) >= 11 is 0. The van der Waals surface area contributed by atoms with Crippen molar-refractivity contribution in [3.63, 3.8) is 0 Å². The molecule has 9 nitrogen and oxygen atoms in total. The van der Waals surface area contributed by atoms with E-state index in [2.05, 4.69) is 10.6 Å². The van der Waals surface area contributed by atoms with Crippen molar-refractivity contribution in [1.82, 2.24) is 5.32 Å². The molecule has 0 radical (unpaired) electrons. The van der Waals surface area contributed by atoms with Gasteiger partial charge in [-0.05, 0) is 43.7 Å². The molecule has 1 aliphatic rings. The molecule has 1 heterocycles. The number of hydrogen-bond donors (Lipinski definition) is 2. The first-order valence-electron chi connectivity index (χ1n) is 11.9. The van der Waals surface area contributed by atoms with Gasteiger partial charge in [0.2, 0.25) is 15.9 Å². The summed E-state index contributed by atoms with van der Waals surface area (Å²) in [6.45, 7) is 3.65. The maximum atomic E-state index is 13.1. The Morgan fingerprint density at radius 3 is 2.35 bits per heavy atom. The van der Waals surface area contributed by atoms with E-state index in [-0.39, 0.29) is 34.6 Å². The molecule has 1 aliphatic heterocycles. The molecule has 1 unspecified atom stereocenters. The number of carbonyl (C=O) groups is 2. The summed E-state index contributed by atoms with van der Waals surface area (Å²) in [6.07, 6.45) is 0. The van der Waals surface area contributed by atoms with Crippen LogP contribution >= 0.6 is 0 Å². The lowest BCUT2D eigenvalue weighted by molar-refractivity contribution is -0.114. The van der Waals surface area contributed by atoms with E-state index < -0.39 is 22.5 Å². The molecule has 3 aromatic rings. The van der Waals surface area contributed by atoms with E-state index in [9.17, 15) is 18.0 Å². The van der Waals surface area contributed by atoms with Crippen molar-refractivity contribution in [2.75, 3.05) is 35.1 Å². The van der Waals surface area contributed by atoms with Gasteiger partial charge < -0.3 is 20.1 Å². The molecule has 0 bridgehead atoms. The fraction of sp³-hybridized carbons (Fsp3) is 0.259. The van der Waals surface area contributed by atoms with E-state index in [0.717, 1.165) is 9.87 Å². The highest BCUT2D eigenvalue weighted by Crippen LogP contribution is 2.35. The zero-order valence-corrected chi connectivity index (χ0v) is 21.5. The van der Waals surface area contributed by atoms with Crippen LogP contribution in [0, 0.1) is 0 Å². The van der Waals surface area contributed by atoms with Gasteiger partial charge in [0.05, 0.1) is 28.7 Å². The summed E-state index contributed by atoms with van der Waals surface area (Å²) in [5.41, 5.74) is 1.77. The largest absolute Gasteiger partial charge is 0.486 e. The number of fused-ring (bicyclic) bond motifs is 1. The monoisotopic (exact) mass is 523 g/mol. The number of rotatable bonds is 9. The van der Waals surface area contributed by atoms with Crippen molar-refractivity contribution in [2.45, 2.75) is 19.9 Å². The van der Waals surface area contributed by atoms with E-state index in [1.165, 1.54) is 6.92 Å². The highest BCUT2D eigenvalue weighted by Gasteiger charge is 2.26. The molecule has 0 fully saturated rings. The molecule has 0 saturated heterocycles. The van der Waals surface area contributed by atoms with Crippen molar-refractivity contribution in [1.29, 1.82) is 0 Å². The number of para-hydroxylation sites is 1.